The number of piperidine rings is 1. The Morgan fingerprint density at radius 1 is 1.14 bits per heavy atom. The Bertz CT molecular complexity index is 468. The van der Waals surface area contributed by atoms with Crippen molar-refractivity contribution in [2.24, 2.45) is 0 Å². The zero-order valence-electron chi connectivity index (χ0n) is 14.0. The lowest BCUT2D eigenvalue weighted by Crippen LogP contribution is -2.58. The molecule has 1 aliphatic rings. The zero-order valence-corrected chi connectivity index (χ0v) is 14.0. The van der Waals surface area contributed by atoms with E-state index in [9.17, 15) is 4.79 Å². The van der Waals surface area contributed by atoms with Gasteiger partial charge in [-0.1, -0.05) is 30.3 Å². The van der Waals surface area contributed by atoms with Gasteiger partial charge in [-0.3, -0.25) is 9.63 Å². The van der Waals surface area contributed by atoms with Gasteiger partial charge in [-0.2, -0.15) is 5.06 Å². The summed E-state index contributed by atoms with van der Waals surface area (Å²) in [6, 6.07) is 9.92. The molecule has 122 valence electrons. The molecule has 1 heterocycles. The van der Waals surface area contributed by atoms with E-state index >= 15 is 0 Å². The molecule has 4 nitrogen and oxygen atoms in total. The summed E-state index contributed by atoms with van der Waals surface area (Å²) in [5, 5.41) is 2.11. The number of hydroxylamine groups is 2. The molecule has 0 spiro atoms. The maximum absolute atomic E-state index is 10.6. The van der Waals surface area contributed by atoms with Gasteiger partial charge >= 0.3 is 0 Å². The first kappa shape index (κ1) is 17.0. The zero-order chi connectivity index (χ0) is 16.2. The second-order valence-electron chi connectivity index (χ2n) is 7.21. The number of rotatable bonds is 6. The lowest BCUT2D eigenvalue weighted by molar-refractivity contribution is -0.311. The van der Waals surface area contributed by atoms with Crippen LogP contribution in [-0.2, 0) is 14.4 Å². The maximum atomic E-state index is 10.6. The van der Waals surface area contributed by atoms with Crippen LogP contribution in [0.25, 0.3) is 0 Å². The predicted octanol–water partition coefficient (Wildman–Crippen LogP) is 3.88. The molecule has 1 aliphatic heterocycles. The van der Waals surface area contributed by atoms with Gasteiger partial charge in [0.2, 0.25) is 0 Å². The molecular weight excluding hydrogens is 278 g/mol. The topological polar surface area (TPSA) is 38.8 Å². The summed E-state index contributed by atoms with van der Waals surface area (Å²) in [4.78, 5) is 17.0. The van der Waals surface area contributed by atoms with E-state index in [2.05, 4.69) is 32.8 Å². The quantitative estimate of drug-likeness (QED) is 0.748. The van der Waals surface area contributed by atoms with Crippen molar-refractivity contribution in [1.29, 1.82) is 0 Å². The van der Waals surface area contributed by atoms with Gasteiger partial charge < -0.3 is 4.74 Å². The van der Waals surface area contributed by atoms with Crippen molar-refractivity contribution in [1.82, 2.24) is 5.06 Å². The third kappa shape index (κ3) is 3.87. The minimum Gasteiger partial charge on any atom is -0.465 e. The van der Waals surface area contributed by atoms with Crippen LogP contribution in [0.4, 0.5) is 0 Å². The Morgan fingerprint density at radius 3 is 2.27 bits per heavy atom. The van der Waals surface area contributed by atoms with E-state index < -0.39 is 0 Å². The summed E-state index contributed by atoms with van der Waals surface area (Å²) in [5.74, 6) is 0. The summed E-state index contributed by atoms with van der Waals surface area (Å²) in [7, 11) is 0. The number of hydrogen-bond donors (Lipinski definition) is 0. The monoisotopic (exact) mass is 305 g/mol. The molecule has 0 saturated carbocycles. The molecule has 0 amide bonds. The molecule has 4 heteroatoms. The lowest BCUT2D eigenvalue weighted by Gasteiger charge is -2.52. The van der Waals surface area contributed by atoms with Crippen LogP contribution in [0.15, 0.2) is 30.3 Å². The highest BCUT2D eigenvalue weighted by atomic mass is 16.7. The molecule has 0 radical (unpaired) electrons. The summed E-state index contributed by atoms with van der Waals surface area (Å²) in [6.45, 7) is 9.52. The molecule has 1 aromatic rings. The van der Waals surface area contributed by atoms with Gasteiger partial charge in [0.05, 0.1) is 0 Å². The van der Waals surface area contributed by atoms with Gasteiger partial charge in [0, 0.05) is 11.1 Å². The molecule has 2 rings (SSSR count). The molecule has 1 unspecified atom stereocenters. The largest absolute Gasteiger partial charge is 0.465 e. The molecule has 1 aromatic carbocycles. The fourth-order valence-corrected chi connectivity index (χ4v) is 3.37. The van der Waals surface area contributed by atoms with Crippen molar-refractivity contribution in [3.8, 4) is 0 Å². The van der Waals surface area contributed by atoms with Crippen molar-refractivity contribution in [2.45, 2.75) is 64.1 Å². The SMILES string of the molecule is CC1(C)CCCC(C)(C)N1OC(COC=O)c1ccccc1. The van der Waals surface area contributed by atoms with Crippen molar-refractivity contribution < 1.29 is 14.4 Å². The standard InChI is InChI=1S/C18H27NO3/c1-17(2)11-8-12-18(3,4)19(17)22-16(13-21-14-20)15-9-6-5-7-10-15/h5-7,9-10,14,16H,8,11-13H2,1-4H3. The Balaban J connectivity index is 2.22. The summed E-state index contributed by atoms with van der Waals surface area (Å²) in [5.41, 5.74) is 0.924. The van der Waals surface area contributed by atoms with Crippen LogP contribution in [-0.4, -0.2) is 29.2 Å². The third-order valence-electron chi connectivity index (χ3n) is 4.40. The highest BCUT2D eigenvalue weighted by Gasteiger charge is 2.43. The number of ether oxygens (including phenoxy) is 1. The first-order valence-electron chi connectivity index (χ1n) is 7.94. The van der Waals surface area contributed by atoms with Crippen molar-refractivity contribution >= 4 is 6.47 Å². The molecule has 1 atom stereocenters. The highest BCUT2D eigenvalue weighted by molar-refractivity contribution is 5.37. The molecule has 22 heavy (non-hydrogen) atoms. The molecule has 0 aromatic heterocycles. The van der Waals surface area contributed by atoms with Crippen LogP contribution < -0.4 is 0 Å². The smallest absolute Gasteiger partial charge is 0.293 e. The van der Waals surface area contributed by atoms with Gasteiger partial charge in [0.1, 0.15) is 12.7 Å². The van der Waals surface area contributed by atoms with Crippen LogP contribution >= 0.6 is 0 Å². The van der Waals surface area contributed by atoms with Gasteiger partial charge in [0.15, 0.2) is 0 Å². The van der Waals surface area contributed by atoms with Crippen LogP contribution in [0.3, 0.4) is 0 Å². The first-order valence-corrected chi connectivity index (χ1v) is 7.94. The average Bonchev–Trinajstić information content (AvgIpc) is 2.46. The summed E-state index contributed by atoms with van der Waals surface area (Å²) in [6.07, 6.45) is 3.09. The van der Waals surface area contributed by atoms with E-state index in [1.54, 1.807) is 0 Å². The van der Waals surface area contributed by atoms with Gasteiger partial charge in [-0.05, 0) is 52.5 Å². The molecular formula is C18H27NO3. The van der Waals surface area contributed by atoms with Gasteiger partial charge in [-0.15, -0.1) is 0 Å². The van der Waals surface area contributed by atoms with E-state index in [1.165, 1.54) is 6.42 Å². The van der Waals surface area contributed by atoms with Crippen LogP contribution in [0.5, 0.6) is 0 Å². The van der Waals surface area contributed by atoms with Crippen molar-refractivity contribution in [2.75, 3.05) is 6.61 Å². The van der Waals surface area contributed by atoms with E-state index in [0.29, 0.717) is 6.47 Å². The predicted molar refractivity (Wildman–Crippen MR) is 86.1 cm³/mol. The van der Waals surface area contributed by atoms with Crippen LogP contribution in [0, 0.1) is 0 Å². The third-order valence-corrected chi connectivity index (χ3v) is 4.40. The molecule has 1 fully saturated rings. The van der Waals surface area contributed by atoms with Crippen LogP contribution in [0.2, 0.25) is 0 Å². The molecule has 0 aliphatic carbocycles. The van der Waals surface area contributed by atoms with E-state index in [4.69, 9.17) is 9.57 Å². The molecule has 0 N–H and O–H groups in total. The lowest BCUT2D eigenvalue weighted by atomic mass is 9.82. The minimum atomic E-state index is -0.289. The van der Waals surface area contributed by atoms with Crippen LogP contribution in [0.1, 0.15) is 58.6 Å². The maximum Gasteiger partial charge on any atom is 0.293 e. The van der Waals surface area contributed by atoms with Gasteiger partial charge in [0.25, 0.3) is 6.47 Å². The van der Waals surface area contributed by atoms with Gasteiger partial charge in [-0.25, -0.2) is 0 Å². The number of carbonyl (C=O) groups is 1. The Kier molecular flexibility index (Phi) is 5.24. The summed E-state index contributed by atoms with van der Waals surface area (Å²) < 4.78 is 5.00. The number of hydrogen-bond acceptors (Lipinski definition) is 4. The second-order valence-corrected chi connectivity index (χ2v) is 7.21. The number of nitrogens with zero attached hydrogens (tertiary/aromatic N) is 1. The first-order chi connectivity index (χ1) is 10.4. The fraction of sp³-hybridized carbons (Fsp3) is 0.611. The average molecular weight is 305 g/mol. The normalized spacial score (nSPS) is 22.0. The Labute approximate surface area is 133 Å². The van der Waals surface area contributed by atoms with E-state index in [1.807, 2.05) is 30.3 Å². The fourth-order valence-electron chi connectivity index (χ4n) is 3.37. The Morgan fingerprint density at radius 2 is 1.73 bits per heavy atom. The summed E-state index contributed by atoms with van der Waals surface area (Å²) >= 11 is 0. The molecule has 0 bridgehead atoms. The molecule has 1 saturated heterocycles. The second kappa shape index (κ2) is 6.80. The number of carbonyl (C=O) groups excluding carboxylic acids is 1. The van der Waals surface area contributed by atoms with E-state index in [0.717, 1.165) is 18.4 Å². The van der Waals surface area contributed by atoms with Crippen molar-refractivity contribution in [3.05, 3.63) is 35.9 Å². The highest BCUT2D eigenvalue weighted by Crippen LogP contribution is 2.40. The number of benzene rings is 1. The Hall–Kier alpha value is -1.39. The van der Waals surface area contributed by atoms with E-state index in [-0.39, 0.29) is 23.8 Å². The van der Waals surface area contributed by atoms with Crippen molar-refractivity contribution in [3.63, 3.8) is 0 Å². The minimum absolute atomic E-state index is 0.0457.